The van der Waals surface area contributed by atoms with E-state index in [1.54, 1.807) is 0 Å². The minimum Gasteiger partial charge on any atom is -0.370 e. The first-order chi connectivity index (χ1) is 18.9. The Balaban J connectivity index is 1.80. The third-order valence-electron chi connectivity index (χ3n) is 7.95. The molecule has 40 heavy (non-hydrogen) atoms. The van der Waals surface area contributed by atoms with Gasteiger partial charge >= 0.3 is 0 Å². The number of aryl methyl sites for hydroxylation is 4. The monoisotopic (exact) mass is 548 g/mol. The number of rotatable bonds is 12. The van der Waals surface area contributed by atoms with Crippen LogP contribution in [0.4, 0.5) is 0 Å². The highest BCUT2D eigenvalue weighted by Crippen LogP contribution is 2.25. The number of hydrogen-bond donors (Lipinski definition) is 3. The van der Waals surface area contributed by atoms with Gasteiger partial charge in [0.05, 0.1) is 6.42 Å². The Hall–Kier alpha value is -2.90. The van der Waals surface area contributed by atoms with E-state index in [1.807, 2.05) is 0 Å². The number of benzene rings is 2. The number of nitrogens with two attached hydrogens (primary N) is 3. The van der Waals surface area contributed by atoms with Crippen LogP contribution in [0.5, 0.6) is 0 Å². The van der Waals surface area contributed by atoms with Crippen molar-refractivity contribution in [3.8, 4) is 0 Å². The van der Waals surface area contributed by atoms with Crippen molar-refractivity contribution >= 4 is 11.9 Å². The Morgan fingerprint density at radius 1 is 0.975 bits per heavy atom. The van der Waals surface area contributed by atoms with Gasteiger partial charge in [0, 0.05) is 44.3 Å². The molecule has 7 heteroatoms. The van der Waals surface area contributed by atoms with E-state index in [0.29, 0.717) is 25.4 Å². The maximum Gasteiger partial charge on any atom is 0.227 e. The maximum atomic E-state index is 13.8. The lowest BCUT2D eigenvalue weighted by Crippen LogP contribution is -2.62. The molecule has 1 heterocycles. The lowest BCUT2D eigenvalue weighted by atomic mass is 9.93. The molecule has 0 radical (unpaired) electrons. The first-order valence-corrected chi connectivity index (χ1v) is 14.9. The molecular formula is C33H52N6O. The molecule has 0 bridgehead atoms. The van der Waals surface area contributed by atoms with E-state index in [0.717, 1.165) is 44.3 Å². The molecule has 0 unspecified atom stereocenters. The lowest BCUT2D eigenvalue weighted by molar-refractivity contribution is -0.138. The van der Waals surface area contributed by atoms with Gasteiger partial charge in [-0.25, -0.2) is 0 Å². The quantitative estimate of drug-likeness (QED) is 0.211. The number of piperazine rings is 1. The van der Waals surface area contributed by atoms with Crippen molar-refractivity contribution in [2.75, 3.05) is 26.2 Å². The summed E-state index contributed by atoms with van der Waals surface area (Å²) in [6.45, 7) is 15.9. The molecule has 0 saturated carbocycles. The summed E-state index contributed by atoms with van der Waals surface area (Å²) >= 11 is 0. The molecule has 0 aromatic heterocycles. The van der Waals surface area contributed by atoms with E-state index in [2.05, 4.69) is 92.7 Å². The Labute approximate surface area is 242 Å². The average Bonchev–Trinajstić information content (AvgIpc) is 2.83. The first-order valence-electron chi connectivity index (χ1n) is 14.9. The molecule has 2 aromatic rings. The van der Waals surface area contributed by atoms with Gasteiger partial charge in [-0.2, -0.15) is 0 Å². The van der Waals surface area contributed by atoms with Gasteiger partial charge in [-0.15, -0.1) is 0 Å². The SMILES string of the molecule is Cc1cc(C)cc(CC(=O)N2C[C@H](CCCN=C(N)N)N(C[C@H](N)Cc3ccc(C)cc3C)C[C@H]2CC(C)C)c1. The molecule has 1 aliphatic heterocycles. The van der Waals surface area contributed by atoms with Crippen LogP contribution in [-0.2, 0) is 17.6 Å². The molecule has 0 spiro atoms. The molecule has 1 saturated heterocycles. The zero-order chi connectivity index (χ0) is 29.4. The number of carbonyl (C=O) groups excluding carboxylic acids is 1. The molecule has 0 aliphatic carbocycles. The summed E-state index contributed by atoms with van der Waals surface area (Å²) in [4.78, 5) is 22.7. The predicted molar refractivity (Wildman–Crippen MR) is 167 cm³/mol. The van der Waals surface area contributed by atoms with Gasteiger partial charge in [0.2, 0.25) is 5.91 Å². The van der Waals surface area contributed by atoms with Gasteiger partial charge < -0.3 is 22.1 Å². The van der Waals surface area contributed by atoms with E-state index in [9.17, 15) is 4.79 Å². The minimum absolute atomic E-state index is 0.0128. The average molecular weight is 549 g/mol. The van der Waals surface area contributed by atoms with Crippen molar-refractivity contribution < 1.29 is 4.79 Å². The van der Waals surface area contributed by atoms with Crippen molar-refractivity contribution in [2.24, 2.45) is 28.1 Å². The largest absolute Gasteiger partial charge is 0.370 e. The van der Waals surface area contributed by atoms with Crippen LogP contribution in [0.15, 0.2) is 41.4 Å². The van der Waals surface area contributed by atoms with E-state index in [4.69, 9.17) is 17.2 Å². The standard InChI is InChI=1S/C33H52N6O/c1-22(2)12-31-20-38(19-29(34)18-28-10-9-23(3)14-26(28)6)30(8-7-11-37-33(35)36)21-39(31)32(40)17-27-15-24(4)13-25(5)16-27/h9-10,13-16,22,29-31H,7-8,11-12,17-21,34H2,1-6H3,(H4,35,36,37)/t29-,30+,31-/m1/s1. The van der Waals surface area contributed by atoms with E-state index < -0.39 is 0 Å². The van der Waals surface area contributed by atoms with Crippen molar-refractivity contribution in [1.29, 1.82) is 0 Å². The minimum atomic E-state index is 0.0128. The summed E-state index contributed by atoms with van der Waals surface area (Å²) in [7, 11) is 0. The van der Waals surface area contributed by atoms with Gasteiger partial charge in [-0.1, -0.05) is 66.9 Å². The third kappa shape index (κ3) is 9.63. The number of carbonyl (C=O) groups is 1. The van der Waals surface area contributed by atoms with E-state index in [-0.39, 0.29) is 30.0 Å². The highest BCUT2D eigenvalue weighted by atomic mass is 16.2. The van der Waals surface area contributed by atoms with Crippen LogP contribution in [0.3, 0.4) is 0 Å². The number of guanidine groups is 1. The van der Waals surface area contributed by atoms with Gasteiger partial charge in [0.1, 0.15) is 0 Å². The highest BCUT2D eigenvalue weighted by molar-refractivity contribution is 5.79. The summed E-state index contributed by atoms with van der Waals surface area (Å²) in [6.07, 6.45) is 4.02. The fourth-order valence-electron chi connectivity index (χ4n) is 6.26. The summed E-state index contributed by atoms with van der Waals surface area (Å²) in [5.74, 6) is 0.827. The Morgan fingerprint density at radius 3 is 2.30 bits per heavy atom. The molecular weight excluding hydrogens is 496 g/mol. The van der Waals surface area contributed by atoms with Crippen LogP contribution >= 0.6 is 0 Å². The van der Waals surface area contributed by atoms with Crippen molar-refractivity contribution in [2.45, 2.75) is 91.8 Å². The summed E-state index contributed by atoms with van der Waals surface area (Å²) in [5, 5.41) is 0. The van der Waals surface area contributed by atoms with Crippen LogP contribution in [0, 0.1) is 33.6 Å². The Bertz CT molecular complexity index is 1140. The van der Waals surface area contributed by atoms with Gasteiger partial charge in [-0.3, -0.25) is 14.7 Å². The zero-order valence-electron chi connectivity index (χ0n) is 25.6. The summed E-state index contributed by atoms with van der Waals surface area (Å²) in [6, 6.07) is 13.4. The normalized spacial score (nSPS) is 18.6. The molecule has 220 valence electrons. The van der Waals surface area contributed by atoms with Gasteiger partial charge in [0.25, 0.3) is 0 Å². The van der Waals surface area contributed by atoms with Crippen molar-refractivity contribution in [3.63, 3.8) is 0 Å². The van der Waals surface area contributed by atoms with Crippen molar-refractivity contribution in [1.82, 2.24) is 9.80 Å². The lowest BCUT2D eigenvalue weighted by Gasteiger charge is -2.48. The van der Waals surface area contributed by atoms with Crippen LogP contribution < -0.4 is 17.2 Å². The number of nitrogens with zero attached hydrogens (tertiary/aromatic N) is 3. The smallest absolute Gasteiger partial charge is 0.227 e. The van der Waals surface area contributed by atoms with Gasteiger partial charge in [0.15, 0.2) is 5.96 Å². The van der Waals surface area contributed by atoms with Gasteiger partial charge in [-0.05, 0) is 76.0 Å². The third-order valence-corrected chi connectivity index (χ3v) is 7.95. The second kappa shape index (κ2) is 14.6. The molecule has 7 nitrogen and oxygen atoms in total. The number of hydrogen-bond acceptors (Lipinski definition) is 4. The topological polar surface area (TPSA) is 114 Å². The van der Waals surface area contributed by atoms with Crippen LogP contribution in [0.1, 0.15) is 66.5 Å². The number of aliphatic imine (C=N–C) groups is 1. The highest BCUT2D eigenvalue weighted by Gasteiger charge is 2.36. The molecule has 3 atom stereocenters. The molecule has 3 rings (SSSR count). The molecule has 1 aliphatic rings. The second-order valence-corrected chi connectivity index (χ2v) is 12.5. The Kier molecular flexibility index (Phi) is 11.6. The molecule has 1 amide bonds. The second-order valence-electron chi connectivity index (χ2n) is 12.5. The van der Waals surface area contributed by atoms with E-state index in [1.165, 1.54) is 27.8 Å². The molecule has 6 N–H and O–H groups in total. The van der Waals surface area contributed by atoms with Crippen LogP contribution in [0.2, 0.25) is 0 Å². The summed E-state index contributed by atoms with van der Waals surface area (Å²) < 4.78 is 0. The first kappa shape index (κ1) is 31.6. The van der Waals surface area contributed by atoms with Crippen molar-refractivity contribution in [3.05, 3.63) is 69.8 Å². The number of amides is 1. The maximum absolute atomic E-state index is 13.8. The predicted octanol–water partition coefficient (Wildman–Crippen LogP) is 4.01. The summed E-state index contributed by atoms with van der Waals surface area (Å²) in [5.41, 5.74) is 25.3. The fraction of sp³-hybridized carbons (Fsp3) is 0.576. The molecule has 1 fully saturated rings. The molecule has 2 aromatic carbocycles. The van der Waals surface area contributed by atoms with Crippen LogP contribution in [-0.4, -0.2) is 66.0 Å². The van der Waals surface area contributed by atoms with E-state index >= 15 is 0 Å². The fourth-order valence-corrected chi connectivity index (χ4v) is 6.26. The van der Waals surface area contributed by atoms with Crippen LogP contribution in [0.25, 0.3) is 0 Å². The Morgan fingerprint density at radius 2 is 1.68 bits per heavy atom. The zero-order valence-corrected chi connectivity index (χ0v) is 25.6.